The number of rotatable bonds is 3. The van der Waals surface area contributed by atoms with Crippen LogP contribution in [-0.4, -0.2) is 9.97 Å². The lowest BCUT2D eigenvalue weighted by Crippen LogP contribution is -1.95. The standard InChI is InChI=1S/C15H11Br2N3S/c16-11-5-12(17)14(19-7-11)15-20-13(8-21-15)10-3-1-9(6-18)2-4-10/h1-5,7-8H,6,18H2. The van der Waals surface area contributed by atoms with E-state index in [-0.39, 0.29) is 0 Å². The summed E-state index contributed by atoms with van der Waals surface area (Å²) in [4.78, 5) is 9.10. The number of hydrogen-bond acceptors (Lipinski definition) is 4. The molecular weight excluding hydrogens is 414 g/mol. The van der Waals surface area contributed by atoms with Gasteiger partial charge in [0.2, 0.25) is 0 Å². The van der Waals surface area contributed by atoms with Gasteiger partial charge in [0, 0.05) is 32.6 Å². The number of nitrogens with two attached hydrogens (primary N) is 1. The Kier molecular flexibility index (Phi) is 4.49. The molecule has 0 saturated heterocycles. The molecule has 0 aliphatic carbocycles. The van der Waals surface area contributed by atoms with Crippen molar-refractivity contribution >= 4 is 43.2 Å². The molecule has 3 aromatic rings. The number of thiazole rings is 1. The van der Waals surface area contributed by atoms with Gasteiger partial charge >= 0.3 is 0 Å². The van der Waals surface area contributed by atoms with Crippen molar-refractivity contribution in [1.29, 1.82) is 0 Å². The molecule has 6 heteroatoms. The zero-order valence-electron chi connectivity index (χ0n) is 10.9. The maximum atomic E-state index is 5.62. The lowest BCUT2D eigenvalue weighted by atomic mass is 10.1. The SMILES string of the molecule is NCc1ccc(-c2csc(-c3ncc(Br)cc3Br)n2)cc1. The fourth-order valence-corrected chi connectivity index (χ4v) is 4.04. The Morgan fingerprint density at radius 2 is 1.90 bits per heavy atom. The highest BCUT2D eigenvalue weighted by Crippen LogP contribution is 2.33. The van der Waals surface area contributed by atoms with Crippen molar-refractivity contribution in [3.05, 3.63) is 56.4 Å². The monoisotopic (exact) mass is 423 g/mol. The number of halogens is 2. The van der Waals surface area contributed by atoms with Gasteiger partial charge in [0.25, 0.3) is 0 Å². The lowest BCUT2D eigenvalue weighted by Gasteiger charge is -2.01. The van der Waals surface area contributed by atoms with Crippen molar-refractivity contribution in [1.82, 2.24) is 9.97 Å². The van der Waals surface area contributed by atoms with Gasteiger partial charge in [0.1, 0.15) is 10.7 Å². The highest BCUT2D eigenvalue weighted by molar-refractivity contribution is 9.11. The molecule has 0 spiro atoms. The minimum Gasteiger partial charge on any atom is -0.326 e. The predicted octanol–water partition coefficient (Wildman–Crippen LogP) is 4.86. The van der Waals surface area contributed by atoms with E-state index in [4.69, 9.17) is 5.73 Å². The molecule has 1 aromatic carbocycles. The summed E-state index contributed by atoms with van der Waals surface area (Å²) in [6, 6.07) is 10.1. The zero-order valence-corrected chi connectivity index (χ0v) is 14.9. The minimum atomic E-state index is 0.554. The Bertz CT molecular complexity index is 769. The van der Waals surface area contributed by atoms with Crippen LogP contribution < -0.4 is 5.73 Å². The van der Waals surface area contributed by atoms with Gasteiger partial charge in [0.15, 0.2) is 0 Å². The van der Waals surface area contributed by atoms with Crippen LogP contribution in [-0.2, 0) is 6.54 Å². The average molecular weight is 425 g/mol. The van der Waals surface area contributed by atoms with Gasteiger partial charge in [-0.05, 0) is 43.5 Å². The molecule has 3 rings (SSSR count). The third kappa shape index (κ3) is 3.23. The molecule has 106 valence electrons. The van der Waals surface area contributed by atoms with E-state index < -0.39 is 0 Å². The summed E-state index contributed by atoms with van der Waals surface area (Å²) in [6.07, 6.45) is 1.78. The van der Waals surface area contributed by atoms with Crippen molar-refractivity contribution in [2.24, 2.45) is 5.73 Å². The molecule has 2 aromatic heterocycles. The van der Waals surface area contributed by atoms with Crippen LogP contribution in [0.3, 0.4) is 0 Å². The number of aromatic nitrogens is 2. The first-order chi connectivity index (χ1) is 10.2. The zero-order chi connectivity index (χ0) is 14.8. The lowest BCUT2D eigenvalue weighted by molar-refractivity contribution is 1.07. The molecular formula is C15H11Br2N3S. The van der Waals surface area contributed by atoms with Crippen LogP contribution in [0.5, 0.6) is 0 Å². The number of nitrogens with zero attached hydrogens (tertiary/aromatic N) is 2. The van der Waals surface area contributed by atoms with Gasteiger partial charge in [-0.2, -0.15) is 0 Å². The van der Waals surface area contributed by atoms with Gasteiger partial charge in [-0.25, -0.2) is 4.98 Å². The second-order valence-electron chi connectivity index (χ2n) is 4.42. The predicted molar refractivity (Wildman–Crippen MR) is 94.1 cm³/mol. The normalized spacial score (nSPS) is 10.8. The van der Waals surface area contributed by atoms with E-state index in [2.05, 4.69) is 41.8 Å². The van der Waals surface area contributed by atoms with E-state index in [0.717, 1.165) is 36.5 Å². The van der Waals surface area contributed by atoms with Crippen LogP contribution in [0.2, 0.25) is 0 Å². The maximum absolute atomic E-state index is 5.62. The van der Waals surface area contributed by atoms with Crippen LogP contribution in [0.15, 0.2) is 50.9 Å². The van der Waals surface area contributed by atoms with Gasteiger partial charge in [-0.3, -0.25) is 4.98 Å². The second-order valence-corrected chi connectivity index (χ2v) is 7.05. The van der Waals surface area contributed by atoms with Crippen LogP contribution in [0.1, 0.15) is 5.56 Å². The summed E-state index contributed by atoms with van der Waals surface area (Å²) in [6.45, 7) is 0.554. The molecule has 3 nitrogen and oxygen atoms in total. The number of pyridine rings is 1. The molecule has 2 heterocycles. The van der Waals surface area contributed by atoms with E-state index in [1.165, 1.54) is 0 Å². The smallest absolute Gasteiger partial charge is 0.143 e. The summed E-state index contributed by atoms with van der Waals surface area (Å²) in [5, 5.41) is 2.94. The summed E-state index contributed by atoms with van der Waals surface area (Å²) in [7, 11) is 0. The molecule has 0 atom stereocenters. The summed E-state index contributed by atoms with van der Waals surface area (Å²) >= 11 is 8.52. The molecule has 2 N–H and O–H groups in total. The first-order valence-electron chi connectivity index (χ1n) is 6.23. The Morgan fingerprint density at radius 1 is 1.14 bits per heavy atom. The molecule has 0 amide bonds. The average Bonchev–Trinajstić information content (AvgIpc) is 2.97. The van der Waals surface area contributed by atoms with Crippen molar-refractivity contribution in [3.8, 4) is 22.0 Å². The highest BCUT2D eigenvalue weighted by Gasteiger charge is 2.11. The first-order valence-corrected chi connectivity index (χ1v) is 8.70. The fourth-order valence-electron chi connectivity index (χ4n) is 1.90. The van der Waals surface area contributed by atoms with Gasteiger partial charge in [-0.15, -0.1) is 11.3 Å². The van der Waals surface area contributed by atoms with E-state index in [0.29, 0.717) is 6.54 Å². The molecule has 0 bridgehead atoms. The van der Waals surface area contributed by atoms with Crippen LogP contribution >= 0.6 is 43.2 Å². The van der Waals surface area contributed by atoms with Gasteiger partial charge in [0.05, 0.1) is 5.69 Å². The Morgan fingerprint density at radius 3 is 2.57 bits per heavy atom. The Labute approximate surface area is 143 Å². The summed E-state index contributed by atoms with van der Waals surface area (Å²) < 4.78 is 1.86. The molecule has 0 aliphatic heterocycles. The largest absolute Gasteiger partial charge is 0.326 e. The quantitative estimate of drug-likeness (QED) is 0.653. The topological polar surface area (TPSA) is 51.8 Å². The summed E-state index contributed by atoms with van der Waals surface area (Å²) in [5.74, 6) is 0. The maximum Gasteiger partial charge on any atom is 0.143 e. The van der Waals surface area contributed by atoms with Gasteiger partial charge < -0.3 is 5.73 Å². The van der Waals surface area contributed by atoms with Crippen molar-refractivity contribution < 1.29 is 0 Å². The van der Waals surface area contributed by atoms with Gasteiger partial charge in [-0.1, -0.05) is 24.3 Å². The van der Waals surface area contributed by atoms with Crippen LogP contribution in [0, 0.1) is 0 Å². The molecule has 0 fully saturated rings. The summed E-state index contributed by atoms with van der Waals surface area (Å²) in [5.41, 5.74) is 9.63. The molecule has 21 heavy (non-hydrogen) atoms. The van der Waals surface area contributed by atoms with Crippen molar-refractivity contribution in [3.63, 3.8) is 0 Å². The van der Waals surface area contributed by atoms with E-state index in [1.54, 1.807) is 17.5 Å². The second kappa shape index (κ2) is 6.36. The highest BCUT2D eigenvalue weighted by atomic mass is 79.9. The Balaban J connectivity index is 1.95. The minimum absolute atomic E-state index is 0.554. The number of benzene rings is 1. The number of hydrogen-bond donors (Lipinski definition) is 1. The fraction of sp³-hybridized carbons (Fsp3) is 0.0667. The van der Waals surface area contributed by atoms with E-state index >= 15 is 0 Å². The van der Waals surface area contributed by atoms with Crippen LogP contribution in [0.4, 0.5) is 0 Å². The first kappa shape index (κ1) is 14.8. The van der Waals surface area contributed by atoms with E-state index in [9.17, 15) is 0 Å². The molecule has 0 unspecified atom stereocenters. The molecule has 0 saturated carbocycles. The van der Waals surface area contributed by atoms with Crippen molar-refractivity contribution in [2.45, 2.75) is 6.54 Å². The third-order valence-corrected chi connectivity index (χ3v) is 4.89. The van der Waals surface area contributed by atoms with Crippen molar-refractivity contribution in [2.75, 3.05) is 0 Å². The molecule has 0 radical (unpaired) electrons. The molecule has 0 aliphatic rings. The Hall–Kier alpha value is -1.08. The van der Waals surface area contributed by atoms with E-state index in [1.807, 2.05) is 35.7 Å². The van der Waals surface area contributed by atoms with Crippen LogP contribution in [0.25, 0.3) is 22.0 Å². The third-order valence-electron chi connectivity index (χ3n) is 3.00.